The van der Waals surface area contributed by atoms with Crippen LogP contribution in [0.4, 0.5) is 8.78 Å². The van der Waals surface area contributed by atoms with Crippen molar-refractivity contribution in [3.05, 3.63) is 34.9 Å². The number of carbonyl (C=O) groups excluding carboxylic acids is 1. The summed E-state index contributed by atoms with van der Waals surface area (Å²) in [5.74, 6) is -0.616. The summed E-state index contributed by atoms with van der Waals surface area (Å²) in [6.45, 7) is 2.87. The summed E-state index contributed by atoms with van der Waals surface area (Å²) >= 11 is 0. The van der Waals surface area contributed by atoms with Gasteiger partial charge in [-0.05, 0) is 37.0 Å². The molecule has 2 aliphatic rings. The van der Waals surface area contributed by atoms with Crippen LogP contribution in [-0.4, -0.2) is 41.9 Å². The van der Waals surface area contributed by atoms with Gasteiger partial charge in [0.15, 0.2) is 0 Å². The Morgan fingerprint density at radius 3 is 2.40 bits per heavy atom. The van der Waals surface area contributed by atoms with Crippen molar-refractivity contribution in [1.29, 1.82) is 0 Å². The molecule has 3 rings (SSSR count). The zero-order valence-corrected chi connectivity index (χ0v) is 11.4. The van der Waals surface area contributed by atoms with Crippen molar-refractivity contribution in [3.63, 3.8) is 0 Å². The molecule has 0 aromatic heterocycles. The molecule has 1 amide bonds. The molecule has 0 bridgehead atoms. The fourth-order valence-electron chi connectivity index (χ4n) is 3.04. The Labute approximate surface area is 117 Å². The topological polar surface area (TPSA) is 23.6 Å². The second kappa shape index (κ2) is 5.48. The molecular formula is C15H18F2N2O. The second-order valence-corrected chi connectivity index (χ2v) is 5.53. The van der Waals surface area contributed by atoms with Gasteiger partial charge in [0.25, 0.3) is 0 Å². The van der Waals surface area contributed by atoms with Crippen LogP contribution in [-0.2, 0) is 17.8 Å². The summed E-state index contributed by atoms with van der Waals surface area (Å²) in [4.78, 5) is 15.9. The van der Waals surface area contributed by atoms with Gasteiger partial charge in [0.05, 0.1) is 6.54 Å². The molecule has 1 aromatic carbocycles. The first kappa shape index (κ1) is 13.5. The van der Waals surface area contributed by atoms with Gasteiger partial charge in [-0.25, -0.2) is 8.78 Å². The third kappa shape index (κ3) is 2.54. The quantitative estimate of drug-likeness (QED) is 0.826. The van der Waals surface area contributed by atoms with E-state index in [1.807, 2.05) is 9.80 Å². The lowest BCUT2D eigenvalue weighted by Crippen LogP contribution is -2.41. The lowest BCUT2D eigenvalue weighted by atomic mass is 9.98. The maximum Gasteiger partial charge on any atom is 0.236 e. The Bertz CT molecular complexity index is 527. The first-order valence-corrected chi connectivity index (χ1v) is 7.11. The van der Waals surface area contributed by atoms with Gasteiger partial charge in [0, 0.05) is 31.7 Å². The fourth-order valence-corrected chi connectivity index (χ4v) is 3.04. The van der Waals surface area contributed by atoms with Crippen LogP contribution in [0.2, 0.25) is 0 Å². The molecule has 2 aliphatic heterocycles. The van der Waals surface area contributed by atoms with Crippen molar-refractivity contribution in [3.8, 4) is 0 Å². The van der Waals surface area contributed by atoms with Crippen molar-refractivity contribution in [1.82, 2.24) is 9.80 Å². The molecule has 1 saturated heterocycles. The van der Waals surface area contributed by atoms with Crippen molar-refractivity contribution in [2.45, 2.75) is 25.8 Å². The number of likely N-dealkylation sites (tertiary alicyclic amines) is 1. The van der Waals surface area contributed by atoms with E-state index in [2.05, 4.69) is 0 Å². The van der Waals surface area contributed by atoms with Crippen LogP contribution in [0, 0.1) is 11.6 Å². The lowest BCUT2D eigenvalue weighted by Gasteiger charge is -2.30. The van der Waals surface area contributed by atoms with Gasteiger partial charge in [0.1, 0.15) is 11.6 Å². The van der Waals surface area contributed by atoms with Crippen LogP contribution >= 0.6 is 0 Å². The number of amides is 1. The van der Waals surface area contributed by atoms with E-state index in [0.717, 1.165) is 25.9 Å². The van der Waals surface area contributed by atoms with Crippen LogP contribution in [0.5, 0.6) is 0 Å². The zero-order valence-electron chi connectivity index (χ0n) is 11.4. The monoisotopic (exact) mass is 280 g/mol. The van der Waals surface area contributed by atoms with Crippen molar-refractivity contribution in [2.24, 2.45) is 0 Å². The van der Waals surface area contributed by atoms with Gasteiger partial charge >= 0.3 is 0 Å². The van der Waals surface area contributed by atoms with Gasteiger partial charge in [-0.2, -0.15) is 0 Å². The molecule has 5 heteroatoms. The number of rotatable bonds is 2. The summed E-state index contributed by atoms with van der Waals surface area (Å²) in [6.07, 6.45) is 2.59. The summed E-state index contributed by atoms with van der Waals surface area (Å²) < 4.78 is 27.4. The average Bonchev–Trinajstić information content (AvgIpc) is 2.97. The van der Waals surface area contributed by atoms with Crippen molar-refractivity contribution >= 4 is 5.91 Å². The third-order valence-electron chi connectivity index (χ3n) is 4.19. The standard InChI is InChI=1S/C15H18F2N2O/c16-13-3-4-14(17)12-9-18(8-5-11(12)13)10-15(20)19-6-1-2-7-19/h3-4H,1-2,5-10H2. The molecule has 2 heterocycles. The Morgan fingerprint density at radius 1 is 1.05 bits per heavy atom. The Morgan fingerprint density at radius 2 is 1.70 bits per heavy atom. The lowest BCUT2D eigenvalue weighted by molar-refractivity contribution is -0.131. The first-order chi connectivity index (χ1) is 9.65. The average molecular weight is 280 g/mol. The highest BCUT2D eigenvalue weighted by atomic mass is 19.1. The van der Waals surface area contributed by atoms with Gasteiger partial charge in [0.2, 0.25) is 5.91 Å². The summed E-state index contributed by atoms with van der Waals surface area (Å²) in [6, 6.07) is 2.35. The highest BCUT2D eigenvalue weighted by Gasteiger charge is 2.26. The predicted molar refractivity (Wildman–Crippen MR) is 71.2 cm³/mol. The molecule has 0 N–H and O–H groups in total. The molecular weight excluding hydrogens is 262 g/mol. The van der Waals surface area contributed by atoms with Crippen LogP contribution in [0.1, 0.15) is 24.0 Å². The van der Waals surface area contributed by atoms with E-state index in [-0.39, 0.29) is 17.5 Å². The SMILES string of the molecule is O=C(CN1CCc2c(F)ccc(F)c2C1)N1CCCC1. The minimum absolute atomic E-state index is 0.0998. The summed E-state index contributed by atoms with van der Waals surface area (Å²) in [5.41, 5.74) is 0.875. The number of halogens is 2. The van der Waals surface area contributed by atoms with E-state index < -0.39 is 0 Å². The Balaban J connectivity index is 1.69. The van der Waals surface area contributed by atoms with E-state index in [1.165, 1.54) is 12.1 Å². The molecule has 0 aliphatic carbocycles. The molecule has 108 valence electrons. The van der Waals surface area contributed by atoms with E-state index in [1.54, 1.807) is 0 Å². The van der Waals surface area contributed by atoms with E-state index in [4.69, 9.17) is 0 Å². The van der Waals surface area contributed by atoms with Crippen LogP contribution in [0.25, 0.3) is 0 Å². The van der Waals surface area contributed by atoms with Crippen LogP contribution < -0.4 is 0 Å². The highest BCUT2D eigenvalue weighted by Crippen LogP contribution is 2.24. The number of benzene rings is 1. The molecule has 0 unspecified atom stereocenters. The summed E-state index contributed by atoms with van der Waals surface area (Å²) in [5, 5.41) is 0. The van der Waals surface area contributed by atoms with Crippen molar-refractivity contribution in [2.75, 3.05) is 26.2 Å². The largest absolute Gasteiger partial charge is 0.342 e. The summed E-state index contributed by atoms with van der Waals surface area (Å²) in [7, 11) is 0. The van der Waals surface area contributed by atoms with Gasteiger partial charge in [-0.1, -0.05) is 0 Å². The normalized spacial score (nSPS) is 19.2. The zero-order chi connectivity index (χ0) is 14.1. The van der Waals surface area contributed by atoms with Gasteiger partial charge in [-0.15, -0.1) is 0 Å². The van der Waals surface area contributed by atoms with E-state index in [9.17, 15) is 13.6 Å². The maximum atomic E-state index is 13.8. The molecule has 3 nitrogen and oxygen atoms in total. The molecule has 0 spiro atoms. The number of hydrogen-bond acceptors (Lipinski definition) is 2. The highest BCUT2D eigenvalue weighted by molar-refractivity contribution is 5.78. The fraction of sp³-hybridized carbons (Fsp3) is 0.533. The molecule has 1 fully saturated rings. The first-order valence-electron chi connectivity index (χ1n) is 7.11. The minimum Gasteiger partial charge on any atom is -0.342 e. The minimum atomic E-state index is -0.375. The number of carbonyl (C=O) groups is 1. The molecule has 0 saturated carbocycles. The smallest absolute Gasteiger partial charge is 0.236 e. The predicted octanol–water partition coefficient (Wildman–Crippen LogP) is 1.95. The number of nitrogens with zero attached hydrogens (tertiary/aromatic N) is 2. The van der Waals surface area contributed by atoms with Gasteiger partial charge < -0.3 is 4.90 Å². The number of hydrogen-bond donors (Lipinski definition) is 0. The third-order valence-corrected chi connectivity index (χ3v) is 4.19. The van der Waals surface area contributed by atoms with Crippen LogP contribution in [0.15, 0.2) is 12.1 Å². The Hall–Kier alpha value is -1.49. The second-order valence-electron chi connectivity index (χ2n) is 5.53. The maximum absolute atomic E-state index is 13.8. The molecule has 0 atom stereocenters. The van der Waals surface area contributed by atoms with Gasteiger partial charge in [-0.3, -0.25) is 9.69 Å². The number of fused-ring (bicyclic) bond motifs is 1. The molecule has 1 aromatic rings. The van der Waals surface area contributed by atoms with Crippen molar-refractivity contribution < 1.29 is 13.6 Å². The van der Waals surface area contributed by atoms with Crippen LogP contribution in [0.3, 0.4) is 0 Å². The van der Waals surface area contributed by atoms with E-state index in [0.29, 0.717) is 37.2 Å². The van der Waals surface area contributed by atoms with E-state index >= 15 is 0 Å². The molecule has 0 radical (unpaired) electrons. The Kier molecular flexibility index (Phi) is 3.70. The molecule has 20 heavy (non-hydrogen) atoms.